The Morgan fingerprint density at radius 1 is 0.885 bits per heavy atom. The third kappa shape index (κ3) is 6.90. The average Bonchev–Trinajstić information content (AvgIpc) is 3.37. The third-order valence-electron chi connectivity index (χ3n) is 6.31. The molecule has 0 aliphatic heterocycles. The molecule has 0 amide bonds. The largest absolute Gasteiger partial charge is 0.304 e. The van der Waals surface area contributed by atoms with Crippen LogP contribution in [0.2, 0.25) is 0 Å². The van der Waals surface area contributed by atoms with Crippen molar-refractivity contribution < 1.29 is 0 Å². The summed E-state index contributed by atoms with van der Waals surface area (Å²) < 4.78 is 0. The fourth-order valence-corrected chi connectivity index (χ4v) is 5.63. The molecule has 0 atom stereocenters. The Labute approximate surface area is 165 Å². The van der Waals surface area contributed by atoms with Crippen LogP contribution in [0.3, 0.4) is 0 Å². The molecular formula is C23H38N2S. The van der Waals surface area contributed by atoms with Crippen molar-refractivity contribution in [3.05, 3.63) is 35.9 Å². The molecule has 2 saturated carbocycles. The van der Waals surface area contributed by atoms with E-state index in [0.717, 1.165) is 17.7 Å². The van der Waals surface area contributed by atoms with E-state index < -0.39 is 0 Å². The Kier molecular flexibility index (Phi) is 8.84. The van der Waals surface area contributed by atoms with E-state index in [9.17, 15) is 0 Å². The molecule has 2 aliphatic rings. The first-order valence-electron chi connectivity index (χ1n) is 10.9. The van der Waals surface area contributed by atoms with Crippen LogP contribution in [0, 0.1) is 5.92 Å². The highest BCUT2D eigenvalue weighted by Gasteiger charge is 2.26. The lowest BCUT2D eigenvalue weighted by molar-refractivity contribution is 0.150. The molecule has 3 rings (SSSR count). The van der Waals surface area contributed by atoms with Gasteiger partial charge in [0.2, 0.25) is 0 Å². The fourth-order valence-electron chi connectivity index (χ4n) is 4.61. The van der Waals surface area contributed by atoms with E-state index >= 15 is 0 Å². The summed E-state index contributed by atoms with van der Waals surface area (Å²) in [5, 5.41) is 0. The standard InChI is InChI=1S/C23H38N2S/c1-24(17-18-26-20-22-11-3-2-4-12-22)15-16-25(23-13-7-8-14-23)19-21-9-5-6-10-21/h2-4,11-12,21,23H,5-10,13-20H2,1H3. The molecule has 0 N–H and O–H groups in total. The lowest BCUT2D eigenvalue weighted by atomic mass is 10.1. The van der Waals surface area contributed by atoms with Crippen LogP contribution in [0.5, 0.6) is 0 Å². The molecule has 2 aliphatic carbocycles. The van der Waals surface area contributed by atoms with Crippen LogP contribution < -0.4 is 0 Å². The Bertz CT molecular complexity index is 480. The minimum absolute atomic E-state index is 0.886. The molecule has 146 valence electrons. The lowest BCUT2D eigenvalue weighted by Gasteiger charge is -2.32. The van der Waals surface area contributed by atoms with Gasteiger partial charge in [0.05, 0.1) is 0 Å². The third-order valence-corrected chi connectivity index (χ3v) is 7.32. The van der Waals surface area contributed by atoms with Gasteiger partial charge in [0, 0.05) is 43.7 Å². The van der Waals surface area contributed by atoms with Crippen LogP contribution in [0.25, 0.3) is 0 Å². The van der Waals surface area contributed by atoms with E-state index in [2.05, 4.69) is 58.9 Å². The molecule has 0 spiro atoms. The van der Waals surface area contributed by atoms with Gasteiger partial charge >= 0.3 is 0 Å². The smallest absolute Gasteiger partial charge is 0.0185 e. The minimum atomic E-state index is 0.886. The maximum atomic E-state index is 2.87. The van der Waals surface area contributed by atoms with Gasteiger partial charge in [-0.25, -0.2) is 0 Å². The van der Waals surface area contributed by atoms with Gasteiger partial charge in [-0.1, -0.05) is 56.0 Å². The van der Waals surface area contributed by atoms with Gasteiger partial charge in [-0.05, 0) is 44.2 Å². The van der Waals surface area contributed by atoms with Gasteiger partial charge in [0.15, 0.2) is 0 Å². The molecule has 1 aromatic rings. The molecule has 0 heterocycles. The molecule has 0 saturated heterocycles. The summed E-state index contributed by atoms with van der Waals surface area (Å²) in [4.78, 5) is 5.42. The normalized spacial score (nSPS) is 19.2. The van der Waals surface area contributed by atoms with Crippen molar-refractivity contribution in [2.75, 3.05) is 39.0 Å². The Hall–Kier alpha value is -0.510. The quantitative estimate of drug-likeness (QED) is 0.486. The first kappa shape index (κ1) is 20.2. The fraction of sp³-hybridized carbons (Fsp3) is 0.739. The Morgan fingerprint density at radius 3 is 2.31 bits per heavy atom. The molecule has 0 aromatic heterocycles. The first-order valence-corrected chi connectivity index (χ1v) is 12.0. The maximum Gasteiger partial charge on any atom is 0.0185 e. The van der Waals surface area contributed by atoms with Crippen LogP contribution in [0.15, 0.2) is 30.3 Å². The zero-order valence-electron chi connectivity index (χ0n) is 16.7. The van der Waals surface area contributed by atoms with Gasteiger partial charge in [0.25, 0.3) is 0 Å². The summed E-state index contributed by atoms with van der Waals surface area (Å²) in [5.74, 6) is 3.37. The molecule has 3 heteroatoms. The summed E-state index contributed by atoms with van der Waals surface area (Å²) in [6, 6.07) is 11.7. The van der Waals surface area contributed by atoms with Crippen LogP contribution in [0.1, 0.15) is 56.9 Å². The predicted octanol–water partition coefficient (Wildman–Crippen LogP) is 5.29. The van der Waals surface area contributed by atoms with Crippen LogP contribution in [0.4, 0.5) is 0 Å². The number of rotatable bonds is 11. The van der Waals surface area contributed by atoms with E-state index in [1.165, 1.54) is 88.9 Å². The minimum Gasteiger partial charge on any atom is -0.304 e. The second-order valence-corrected chi connectivity index (χ2v) is 9.53. The molecule has 2 nitrogen and oxygen atoms in total. The lowest BCUT2D eigenvalue weighted by Crippen LogP contribution is -2.41. The summed E-state index contributed by atoms with van der Waals surface area (Å²) in [6.07, 6.45) is 11.7. The van der Waals surface area contributed by atoms with Crippen molar-refractivity contribution in [1.82, 2.24) is 9.80 Å². The Morgan fingerprint density at radius 2 is 1.58 bits per heavy atom. The molecule has 0 bridgehead atoms. The number of thioether (sulfide) groups is 1. The second kappa shape index (κ2) is 11.4. The maximum absolute atomic E-state index is 2.87. The average molecular weight is 375 g/mol. The van der Waals surface area contributed by atoms with Gasteiger partial charge in [-0.3, -0.25) is 4.90 Å². The van der Waals surface area contributed by atoms with E-state index in [4.69, 9.17) is 0 Å². The summed E-state index contributed by atoms with van der Waals surface area (Å²) in [5.41, 5.74) is 1.45. The number of likely N-dealkylation sites (N-methyl/N-ethyl adjacent to an activating group) is 1. The van der Waals surface area contributed by atoms with E-state index in [0.29, 0.717) is 0 Å². The molecule has 2 fully saturated rings. The van der Waals surface area contributed by atoms with Crippen molar-refractivity contribution in [1.29, 1.82) is 0 Å². The number of nitrogens with zero attached hydrogens (tertiary/aromatic N) is 2. The monoisotopic (exact) mass is 374 g/mol. The summed E-state index contributed by atoms with van der Waals surface area (Å²) in [7, 11) is 2.31. The van der Waals surface area contributed by atoms with Gasteiger partial charge in [-0.15, -0.1) is 0 Å². The van der Waals surface area contributed by atoms with E-state index in [1.807, 2.05) is 0 Å². The topological polar surface area (TPSA) is 6.48 Å². The molecule has 0 radical (unpaired) electrons. The Balaban J connectivity index is 1.34. The molecule has 0 unspecified atom stereocenters. The zero-order chi connectivity index (χ0) is 18.0. The van der Waals surface area contributed by atoms with Crippen molar-refractivity contribution in [2.24, 2.45) is 5.92 Å². The van der Waals surface area contributed by atoms with Crippen molar-refractivity contribution >= 4 is 11.8 Å². The van der Waals surface area contributed by atoms with E-state index in [-0.39, 0.29) is 0 Å². The van der Waals surface area contributed by atoms with Crippen LogP contribution in [-0.4, -0.2) is 54.8 Å². The zero-order valence-corrected chi connectivity index (χ0v) is 17.6. The van der Waals surface area contributed by atoms with Crippen LogP contribution >= 0.6 is 11.8 Å². The molecular weight excluding hydrogens is 336 g/mol. The number of benzene rings is 1. The van der Waals surface area contributed by atoms with Crippen LogP contribution in [-0.2, 0) is 5.75 Å². The number of hydrogen-bond donors (Lipinski definition) is 0. The molecule has 1 aromatic carbocycles. The first-order chi connectivity index (χ1) is 12.8. The predicted molar refractivity (Wildman–Crippen MR) is 116 cm³/mol. The van der Waals surface area contributed by atoms with E-state index in [1.54, 1.807) is 0 Å². The molecule has 26 heavy (non-hydrogen) atoms. The van der Waals surface area contributed by atoms with Gasteiger partial charge in [0.1, 0.15) is 0 Å². The number of hydrogen-bond acceptors (Lipinski definition) is 3. The second-order valence-electron chi connectivity index (χ2n) is 8.43. The van der Waals surface area contributed by atoms with Crippen molar-refractivity contribution in [2.45, 2.75) is 63.2 Å². The highest BCUT2D eigenvalue weighted by atomic mass is 32.2. The SMILES string of the molecule is CN(CCSCc1ccccc1)CCN(CC1CCCC1)C1CCCC1. The summed E-state index contributed by atoms with van der Waals surface area (Å²) in [6.45, 7) is 5.09. The van der Waals surface area contributed by atoms with Crippen molar-refractivity contribution in [3.8, 4) is 0 Å². The summed E-state index contributed by atoms with van der Waals surface area (Å²) >= 11 is 2.07. The van der Waals surface area contributed by atoms with Gasteiger partial charge < -0.3 is 4.90 Å². The van der Waals surface area contributed by atoms with Crippen molar-refractivity contribution in [3.63, 3.8) is 0 Å². The van der Waals surface area contributed by atoms with Gasteiger partial charge in [-0.2, -0.15) is 11.8 Å². The highest BCUT2D eigenvalue weighted by molar-refractivity contribution is 7.98. The highest BCUT2D eigenvalue weighted by Crippen LogP contribution is 2.29.